The first-order valence-electron chi connectivity index (χ1n) is 12.2. The zero-order valence-corrected chi connectivity index (χ0v) is 21.2. The number of hydrogen-bond donors (Lipinski definition) is 0. The van der Waals surface area contributed by atoms with Crippen LogP contribution in [0.3, 0.4) is 0 Å². The molecule has 184 valence electrons. The minimum Gasteiger partial charge on any atom is -0.457 e. The first-order chi connectivity index (χ1) is 16.2. The van der Waals surface area contributed by atoms with Crippen molar-refractivity contribution in [2.75, 3.05) is 14.1 Å². The van der Waals surface area contributed by atoms with E-state index in [9.17, 15) is 14.4 Å². The van der Waals surface area contributed by atoms with Gasteiger partial charge in [0.15, 0.2) is 0 Å². The Hall–Kier alpha value is -2.89. The van der Waals surface area contributed by atoms with Crippen LogP contribution in [0.1, 0.15) is 78.6 Å². The average molecular weight is 468 g/mol. The van der Waals surface area contributed by atoms with Crippen molar-refractivity contribution in [1.82, 2.24) is 4.90 Å². The lowest BCUT2D eigenvalue weighted by atomic mass is 9.81. The highest BCUT2D eigenvalue weighted by molar-refractivity contribution is 5.98. The van der Waals surface area contributed by atoms with E-state index in [1.165, 1.54) is 12.5 Å². The van der Waals surface area contributed by atoms with E-state index in [2.05, 4.69) is 12.7 Å². The van der Waals surface area contributed by atoms with Gasteiger partial charge in [0.2, 0.25) is 5.91 Å². The highest BCUT2D eigenvalue weighted by atomic mass is 16.6. The number of amides is 1. The van der Waals surface area contributed by atoms with Gasteiger partial charge in [-0.15, -0.1) is 6.58 Å². The maximum Gasteiger partial charge on any atom is 0.342 e. The lowest BCUT2D eigenvalue weighted by Crippen LogP contribution is -2.33. The number of rotatable bonds is 7. The van der Waals surface area contributed by atoms with Gasteiger partial charge in [0.25, 0.3) is 0 Å². The van der Waals surface area contributed by atoms with Gasteiger partial charge in [0, 0.05) is 38.1 Å². The maximum absolute atomic E-state index is 12.8. The molecule has 0 N–H and O–H groups in total. The molecule has 1 aromatic carbocycles. The molecule has 3 rings (SSSR count). The van der Waals surface area contributed by atoms with E-state index in [4.69, 9.17) is 9.47 Å². The van der Waals surface area contributed by atoms with Gasteiger partial charge in [-0.2, -0.15) is 0 Å². The second kappa shape index (κ2) is 11.0. The zero-order valence-electron chi connectivity index (χ0n) is 21.2. The first kappa shape index (κ1) is 25.7. The zero-order chi connectivity index (χ0) is 25.0. The van der Waals surface area contributed by atoms with Crippen LogP contribution in [-0.4, -0.2) is 36.8 Å². The summed E-state index contributed by atoms with van der Waals surface area (Å²) in [7, 11) is 3.61. The third-order valence-electron chi connectivity index (χ3n) is 7.18. The minimum absolute atomic E-state index is 0.100. The number of allylic oxidation sites excluding steroid dienone is 3. The number of carbonyl (C=O) groups excluding carboxylic acids is 3. The maximum atomic E-state index is 12.8. The van der Waals surface area contributed by atoms with E-state index < -0.39 is 11.9 Å². The third-order valence-corrected chi connectivity index (χ3v) is 7.18. The fourth-order valence-electron chi connectivity index (χ4n) is 5.40. The lowest BCUT2D eigenvalue weighted by molar-refractivity contribution is -0.134. The molecule has 2 aliphatic rings. The van der Waals surface area contributed by atoms with Gasteiger partial charge in [-0.25, -0.2) is 4.79 Å². The van der Waals surface area contributed by atoms with Crippen molar-refractivity contribution in [1.29, 1.82) is 0 Å². The van der Waals surface area contributed by atoms with Crippen LogP contribution in [0.2, 0.25) is 0 Å². The van der Waals surface area contributed by atoms with Gasteiger partial charge in [-0.05, 0) is 56.1 Å². The van der Waals surface area contributed by atoms with Crippen LogP contribution in [-0.2, 0) is 33.8 Å². The quantitative estimate of drug-likeness (QED) is 0.242. The van der Waals surface area contributed by atoms with Gasteiger partial charge in [-0.3, -0.25) is 9.59 Å². The normalized spacial score (nSPS) is 19.7. The Morgan fingerprint density at radius 1 is 1.21 bits per heavy atom. The van der Waals surface area contributed by atoms with Crippen molar-refractivity contribution < 1.29 is 23.9 Å². The SMILES string of the molecule is C=CCc1c(C)c2c(c(OC(C)=O)c1CC=C1CCCCCC1C(C)C(=O)N(C)C)C(=O)OC2. The van der Waals surface area contributed by atoms with E-state index in [1.807, 2.05) is 19.9 Å². The molecule has 0 bridgehead atoms. The summed E-state index contributed by atoms with van der Waals surface area (Å²) in [6.07, 6.45) is 10.4. The molecule has 34 heavy (non-hydrogen) atoms. The summed E-state index contributed by atoms with van der Waals surface area (Å²) in [5.74, 6) is -0.393. The summed E-state index contributed by atoms with van der Waals surface area (Å²) >= 11 is 0. The Bertz CT molecular complexity index is 1020. The first-order valence-corrected chi connectivity index (χ1v) is 12.2. The van der Waals surface area contributed by atoms with E-state index in [0.29, 0.717) is 24.2 Å². The molecule has 1 aromatic rings. The number of hydrogen-bond acceptors (Lipinski definition) is 5. The Morgan fingerprint density at radius 3 is 2.59 bits per heavy atom. The molecule has 0 saturated heterocycles. The summed E-state index contributed by atoms with van der Waals surface area (Å²) in [4.78, 5) is 39.0. The Kier molecular flexibility index (Phi) is 8.34. The number of fused-ring (bicyclic) bond motifs is 1. The molecule has 6 nitrogen and oxygen atoms in total. The Morgan fingerprint density at radius 2 is 1.94 bits per heavy atom. The molecule has 6 heteroatoms. The molecular weight excluding hydrogens is 430 g/mol. The molecule has 1 aliphatic carbocycles. The van der Waals surface area contributed by atoms with Crippen LogP contribution in [0, 0.1) is 18.8 Å². The minimum atomic E-state index is -0.471. The Balaban J connectivity index is 2.10. The average Bonchev–Trinajstić information content (AvgIpc) is 3.02. The monoisotopic (exact) mass is 467 g/mol. The van der Waals surface area contributed by atoms with E-state index >= 15 is 0 Å². The molecule has 1 aliphatic heterocycles. The summed E-state index contributed by atoms with van der Waals surface area (Å²) in [5, 5.41) is 0. The summed E-state index contributed by atoms with van der Waals surface area (Å²) < 4.78 is 11.0. The van der Waals surface area contributed by atoms with Crippen LogP contribution in [0.5, 0.6) is 5.75 Å². The highest BCUT2D eigenvalue weighted by Crippen LogP contribution is 2.40. The van der Waals surface area contributed by atoms with E-state index in [1.54, 1.807) is 19.0 Å². The van der Waals surface area contributed by atoms with Crippen LogP contribution in [0.15, 0.2) is 24.3 Å². The van der Waals surface area contributed by atoms with Crippen molar-refractivity contribution in [3.8, 4) is 5.75 Å². The van der Waals surface area contributed by atoms with E-state index in [-0.39, 0.29) is 24.3 Å². The summed E-state index contributed by atoms with van der Waals surface area (Å²) in [5.41, 5.74) is 5.25. The number of esters is 2. The fraction of sp³-hybridized carbons (Fsp3) is 0.536. The van der Waals surface area contributed by atoms with Crippen LogP contribution in [0.4, 0.5) is 0 Å². The smallest absolute Gasteiger partial charge is 0.342 e. The number of nitrogens with zero attached hydrogens (tertiary/aromatic N) is 1. The molecule has 0 radical (unpaired) electrons. The van der Waals surface area contributed by atoms with Gasteiger partial charge in [-0.1, -0.05) is 37.5 Å². The summed E-state index contributed by atoms with van der Waals surface area (Å²) in [6.45, 7) is 9.45. The number of benzene rings is 1. The molecule has 0 spiro atoms. The second-order valence-corrected chi connectivity index (χ2v) is 9.64. The molecular formula is C28H37NO5. The lowest BCUT2D eigenvalue weighted by Gasteiger charge is -2.27. The summed E-state index contributed by atoms with van der Waals surface area (Å²) in [6, 6.07) is 0. The van der Waals surface area contributed by atoms with Crippen LogP contribution >= 0.6 is 0 Å². The molecule has 2 unspecified atom stereocenters. The van der Waals surface area contributed by atoms with Crippen molar-refractivity contribution in [2.24, 2.45) is 11.8 Å². The molecule has 1 amide bonds. The van der Waals surface area contributed by atoms with Crippen molar-refractivity contribution in [2.45, 2.75) is 72.3 Å². The number of carbonyl (C=O) groups is 3. The highest BCUT2D eigenvalue weighted by Gasteiger charge is 2.33. The van der Waals surface area contributed by atoms with Gasteiger partial charge in [0.1, 0.15) is 17.9 Å². The molecule has 2 atom stereocenters. The van der Waals surface area contributed by atoms with Gasteiger partial charge >= 0.3 is 11.9 Å². The van der Waals surface area contributed by atoms with Gasteiger partial charge in [0.05, 0.1) is 0 Å². The van der Waals surface area contributed by atoms with Gasteiger partial charge < -0.3 is 14.4 Å². The third kappa shape index (κ3) is 5.26. The molecule has 1 saturated carbocycles. The Labute approximate surface area is 203 Å². The van der Waals surface area contributed by atoms with Crippen molar-refractivity contribution in [3.63, 3.8) is 0 Å². The molecule has 0 aromatic heterocycles. The standard InChI is InChI=1S/C28H37NO5/c1-7-11-22-17(2)24-16-33-28(32)25(24)26(34-19(4)30)23(22)15-14-20-12-9-8-10-13-21(20)18(3)27(31)29(5)6/h7,14,18,21H,1,8-13,15-16H2,2-6H3. The topological polar surface area (TPSA) is 72.9 Å². The van der Waals surface area contributed by atoms with Crippen molar-refractivity contribution in [3.05, 3.63) is 52.1 Å². The van der Waals surface area contributed by atoms with Crippen LogP contribution in [0.25, 0.3) is 0 Å². The molecule has 1 heterocycles. The van der Waals surface area contributed by atoms with E-state index in [0.717, 1.165) is 54.4 Å². The predicted octanol–water partition coefficient (Wildman–Crippen LogP) is 5.09. The largest absolute Gasteiger partial charge is 0.457 e. The van der Waals surface area contributed by atoms with Crippen LogP contribution < -0.4 is 4.74 Å². The number of cyclic esters (lactones) is 1. The molecule has 1 fully saturated rings. The van der Waals surface area contributed by atoms with Crippen molar-refractivity contribution >= 4 is 17.8 Å². The second-order valence-electron chi connectivity index (χ2n) is 9.64. The number of ether oxygens (including phenoxy) is 2. The predicted molar refractivity (Wildman–Crippen MR) is 132 cm³/mol. The fourth-order valence-corrected chi connectivity index (χ4v) is 5.40.